The SMILES string of the molecule is CCNC(C)c1ccc(Oc2cccc(CO)c2)c(F)c1. The van der Waals surface area contributed by atoms with E-state index in [-0.39, 0.29) is 18.4 Å². The molecule has 0 aliphatic rings. The van der Waals surface area contributed by atoms with Crippen molar-refractivity contribution in [1.29, 1.82) is 0 Å². The Morgan fingerprint density at radius 3 is 2.71 bits per heavy atom. The van der Waals surface area contributed by atoms with E-state index >= 15 is 0 Å². The van der Waals surface area contributed by atoms with Crippen molar-refractivity contribution in [2.75, 3.05) is 6.54 Å². The van der Waals surface area contributed by atoms with Crippen LogP contribution in [0.2, 0.25) is 0 Å². The van der Waals surface area contributed by atoms with Gasteiger partial charge in [-0.1, -0.05) is 25.1 Å². The summed E-state index contributed by atoms with van der Waals surface area (Å²) >= 11 is 0. The lowest BCUT2D eigenvalue weighted by Crippen LogP contribution is -2.17. The van der Waals surface area contributed by atoms with Crippen LogP contribution in [0.15, 0.2) is 42.5 Å². The number of hydrogen-bond acceptors (Lipinski definition) is 3. The molecule has 0 amide bonds. The smallest absolute Gasteiger partial charge is 0.166 e. The number of aliphatic hydroxyl groups excluding tert-OH is 1. The number of halogens is 1. The van der Waals surface area contributed by atoms with Gasteiger partial charge < -0.3 is 15.2 Å². The maximum atomic E-state index is 14.1. The van der Waals surface area contributed by atoms with Gasteiger partial charge >= 0.3 is 0 Å². The first-order valence-corrected chi connectivity index (χ1v) is 7.04. The Morgan fingerprint density at radius 2 is 2.05 bits per heavy atom. The zero-order valence-corrected chi connectivity index (χ0v) is 12.3. The van der Waals surface area contributed by atoms with Crippen LogP contribution >= 0.6 is 0 Å². The minimum Gasteiger partial charge on any atom is -0.454 e. The highest BCUT2D eigenvalue weighted by Crippen LogP contribution is 2.27. The van der Waals surface area contributed by atoms with E-state index < -0.39 is 5.82 Å². The molecule has 2 aromatic rings. The van der Waals surface area contributed by atoms with Gasteiger partial charge in [-0.05, 0) is 48.9 Å². The third-order valence-corrected chi connectivity index (χ3v) is 3.28. The molecule has 2 rings (SSSR count). The van der Waals surface area contributed by atoms with Crippen LogP contribution in [0.3, 0.4) is 0 Å². The highest BCUT2D eigenvalue weighted by molar-refractivity contribution is 5.36. The summed E-state index contributed by atoms with van der Waals surface area (Å²) in [7, 11) is 0. The monoisotopic (exact) mass is 289 g/mol. The summed E-state index contributed by atoms with van der Waals surface area (Å²) in [4.78, 5) is 0. The zero-order valence-electron chi connectivity index (χ0n) is 12.3. The molecule has 0 saturated carbocycles. The summed E-state index contributed by atoms with van der Waals surface area (Å²) in [5.74, 6) is 0.289. The Labute approximate surface area is 124 Å². The maximum Gasteiger partial charge on any atom is 0.166 e. The van der Waals surface area contributed by atoms with Crippen LogP contribution < -0.4 is 10.1 Å². The van der Waals surface area contributed by atoms with Gasteiger partial charge in [-0.15, -0.1) is 0 Å². The number of ether oxygens (including phenoxy) is 1. The molecule has 0 aromatic heterocycles. The molecule has 0 radical (unpaired) electrons. The van der Waals surface area contributed by atoms with Crippen LogP contribution in [0.5, 0.6) is 11.5 Å². The molecule has 112 valence electrons. The largest absolute Gasteiger partial charge is 0.454 e. The van der Waals surface area contributed by atoms with Gasteiger partial charge in [0.15, 0.2) is 11.6 Å². The fourth-order valence-corrected chi connectivity index (χ4v) is 2.13. The Kier molecular flexibility index (Phi) is 5.31. The predicted octanol–water partition coefficient (Wildman–Crippen LogP) is 3.78. The highest BCUT2D eigenvalue weighted by atomic mass is 19.1. The lowest BCUT2D eigenvalue weighted by Gasteiger charge is -2.14. The van der Waals surface area contributed by atoms with Gasteiger partial charge in [0, 0.05) is 6.04 Å². The summed E-state index contributed by atoms with van der Waals surface area (Å²) in [6, 6.07) is 12.0. The first-order chi connectivity index (χ1) is 10.1. The van der Waals surface area contributed by atoms with Crippen molar-refractivity contribution in [3.05, 3.63) is 59.4 Å². The molecule has 0 aliphatic heterocycles. The molecule has 0 saturated heterocycles. The van der Waals surface area contributed by atoms with E-state index in [1.807, 2.05) is 19.9 Å². The lowest BCUT2D eigenvalue weighted by atomic mass is 10.1. The molecule has 0 fully saturated rings. The van der Waals surface area contributed by atoms with Crippen molar-refractivity contribution >= 4 is 0 Å². The number of hydrogen-bond donors (Lipinski definition) is 2. The molecular weight excluding hydrogens is 269 g/mol. The fourth-order valence-electron chi connectivity index (χ4n) is 2.13. The lowest BCUT2D eigenvalue weighted by molar-refractivity contribution is 0.281. The molecule has 1 atom stereocenters. The van der Waals surface area contributed by atoms with Crippen LogP contribution in [-0.2, 0) is 6.61 Å². The van der Waals surface area contributed by atoms with E-state index in [0.29, 0.717) is 5.75 Å². The topological polar surface area (TPSA) is 41.5 Å². The molecule has 4 heteroatoms. The number of rotatable bonds is 6. The molecule has 0 spiro atoms. The Hall–Kier alpha value is -1.91. The normalized spacial score (nSPS) is 12.2. The van der Waals surface area contributed by atoms with Gasteiger partial charge in [0.25, 0.3) is 0 Å². The summed E-state index contributed by atoms with van der Waals surface area (Å²) in [6.45, 7) is 4.76. The Balaban J connectivity index is 2.17. The van der Waals surface area contributed by atoms with Crippen molar-refractivity contribution in [2.45, 2.75) is 26.5 Å². The van der Waals surface area contributed by atoms with Gasteiger partial charge in [-0.25, -0.2) is 4.39 Å². The first kappa shape index (κ1) is 15.5. The average molecular weight is 289 g/mol. The number of nitrogens with one attached hydrogen (secondary N) is 1. The molecule has 0 bridgehead atoms. The summed E-state index contributed by atoms with van der Waals surface area (Å²) in [5, 5.41) is 12.3. The summed E-state index contributed by atoms with van der Waals surface area (Å²) in [5.41, 5.74) is 1.61. The number of aliphatic hydroxyl groups is 1. The molecule has 2 aromatic carbocycles. The van der Waals surface area contributed by atoms with Gasteiger partial charge in [-0.3, -0.25) is 0 Å². The van der Waals surface area contributed by atoms with Crippen molar-refractivity contribution < 1.29 is 14.2 Å². The minimum atomic E-state index is -0.397. The van der Waals surface area contributed by atoms with E-state index in [9.17, 15) is 4.39 Å². The van der Waals surface area contributed by atoms with E-state index in [4.69, 9.17) is 9.84 Å². The van der Waals surface area contributed by atoms with Crippen molar-refractivity contribution in [3.63, 3.8) is 0 Å². The van der Waals surface area contributed by atoms with E-state index in [1.54, 1.807) is 30.3 Å². The van der Waals surface area contributed by atoms with Gasteiger partial charge in [0.2, 0.25) is 0 Å². The molecule has 21 heavy (non-hydrogen) atoms. The van der Waals surface area contributed by atoms with Crippen molar-refractivity contribution in [1.82, 2.24) is 5.32 Å². The van der Waals surface area contributed by atoms with E-state index in [0.717, 1.165) is 17.7 Å². The van der Waals surface area contributed by atoms with Gasteiger partial charge in [0.1, 0.15) is 5.75 Å². The molecule has 0 aliphatic carbocycles. The van der Waals surface area contributed by atoms with Crippen LogP contribution in [0.4, 0.5) is 4.39 Å². The van der Waals surface area contributed by atoms with Gasteiger partial charge in [-0.2, -0.15) is 0 Å². The summed E-state index contributed by atoms with van der Waals surface area (Å²) in [6.07, 6.45) is 0. The highest BCUT2D eigenvalue weighted by Gasteiger charge is 2.10. The molecule has 1 unspecified atom stereocenters. The molecular formula is C17H20FNO2. The second-order valence-corrected chi connectivity index (χ2v) is 4.88. The minimum absolute atomic E-state index is 0.0706. The third kappa shape index (κ3) is 4.03. The maximum absolute atomic E-state index is 14.1. The van der Waals surface area contributed by atoms with E-state index in [2.05, 4.69) is 5.32 Å². The van der Waals surface area contributed by atoms with Crippen LogP contribution in [-0.4, -0.2) is 11.7 Å². The Morgan fingerprint density at radius 1 is 1.24 bits per heavy atom. The van der Waals surface area contributed by atoms with E-state index in [1.165, 1.54) is 6.07 Å². The second-order valence-electron chi connectivity index (χ2n) is 4.88. The standard InChI is InChI=1S/C17H20FNO2/c1-3-19-12(2)14-7-8-17(16(18)10-14)21-15-6-4-5-13(9-15)11-20/h4-10,12,19-20H,3,11H2,1-2H3. The zero-order chi connectivity index (χ0) is 15.2. The van der Waals surface area contributed by atoms with Gasteiger partial charge in [0.05, 0.1) is 6.61 Å². The quantitative estimate of drug-likeness (QED) is 0.850. The van der Waals surface area contributed by atoms with Crippen LogP contribution in [0.25, 0.3) is 0 Å². The van der Waals surface area contributed by atoms with Crippen molar-refractivity contribution in [2.24, 2.45) is 0 Å². The Bertz CT molecular complexity index is 601. The van der Waals surface area contributed by atoms with Crippen molar-refractivity contribution in [3.8, 4) is 11.5 Å². The first-order valence-electron chi connectivity index (χ1n) is 7.04. The third-order valence-electron chi connectivity index (χ3n) is 3.28. The van der Waals surface area contributed by atoms with Crippen LogP contribution in [0.1, 0.15) is 31.0 Å². The second kappa shape index (κ2) is 7.20. The van der Waals surface area contributed by atoms with Crippen LogP contribution in [0, 0.1) is 5.82 Å². The molecule has 2 N–H and O–H groups in total. The summed E-state index contributed by atoms with van der Waals surface area (Å²) < 4.78 is 19.7. The molecule has 0 heterocycles. The fraction of sp³-hybridized carbons (Fsp3) is 0.294. The number of benzene rings is 2. The average Bonchev–Trinajstić information content (AvgIpc) is 2.49. The molecule has 3 nitrogen and oxygen atoms in total. The predicted molar refractivity (Wildman–Crippen MR) is 80.9 cm³/mol.